The predicted molar refractivity (Wildman–Crippen MR) is 68.3 cm³/mol. The van der Waals surface area contributed by atoms with Crippen LogP contribution in [-0.4, -0.2) is 25.3 Å². The Morgan fingerprint density at radius 3 is 2.67 bits per heavy atom. The van der Waals surface area contributed by atoms with Gasteiger partial charge in [0.05, 0.1) is 13.2 Å². The van der Waals surface area contributed by atoms with Crippen molar-refractivity contribution in [1.82, 2.24) is 0 Å². The van der Waals surface area contributed by atoms with Gasteiger partial charge in [-0.05, 0) is 0 Å². The van der Waals surface area contributed by atoms with Gasteiger partial charge in [0.15, 0.2) is 5.78 Å². The summed E-state index contributed by atoms with van der Waals surface area (Å²) >= 11 is 0. The maximum atomic E-state index is 12.2. The third-order valence-corrected chi connectivity index (χ3v) is 3.29. The van der Waals surface area contributed by atoms with Crippen molar-refractivity contribution < 1.29 is 14.3 Å². The maximum absolute atomic E-state index is 12.2. The van der Waals surface area contributed by atoms with Crippen LogP contribution in [0, 0.1) is 17.8 Å². The smallest absolute Gasteiger partial charge is 0.167 e. The van der Waals surface area contributed by atoms with Gasteiger partial charge >= 0.3 is 0 Å². The Labute approximate surface area is 106 Å². The van der Waals surface area contributed by atoms with Gasteiger partial charge in [0, 0.05) is 23.3 Å². The molecule has 3 heteroatoms. The van der Waals surface area contributed by atoms with Crippen LogP contribution in [0.4, 0.5) is 0 Å². The van der Waals surface area contributed by atoms with Crippen LogP contribution in [0.25, 0.3) is 0 Å². The van der Waals surface area contributed by atoms with Crippen LogP contribution >= 0.6 is 0 Å². The highest BCUT2D eigenvalue weighted by Gasteiger charge is 2.54. The molecule has 1 saturated carbocycles. The van der Waals surface area contributed by atoms with Gasteiger partial charge in [-0.25, -0.2) is 0 Å². The van der Waals surface area contributed by atoms with E-state index in [1.165, 1.54) is 0 Å². The van der Waals surface area contributed by atoms with Crippen LogP contribution in [0.15, 0.2) is 43.0 Å². The molecule has 3 nitrogen and oxygen atoms in total. The molecule has 2 rings (SSSR count). The van der Waals surface area contributed by atoms with Crippen LogP contribution in [0.1, 0.15) is 10.4 Å². The quantitative estimate of drug-likeness (QED) is 0.319. The first-order valence-corrected chi connectivity index (χ1v) is 6.02. The zero-order chi connectivity index (χ0) is 13.0. The summed E-state index contributed by atoms with van der Waals surface area (Å²) in [6.07, 6.45) is 2.53. The van der Waals surface area contributed by atoms with Crippen molar-refractivity contribution in [3.8, 4) is 0 Å². The molecule has 0 N–H and O–H groups in total. The number of carbonyl (C=O) groups excluding carboxylic acids is 2. The fourth-order valence-corrected chi connectivity index (χ4v) is 2.25. The lowest BCUT2D eigenvalue weighted by atomic mass is 10.1. The first kappa shape index (κ1) is 12.7. The molecule has 0 unspecified atom stereocenters. The van der Waals surface area contributed by atoms with E-state index in [4.69, 9.17) is 4.74 Å². The predicted octanol–water partition coefficient (Wildman–Crippen LogP) is 2.13. The van der Waals surface area contributed by atoms with Crippen molar-refractivity contribution in [3.63, 3.8) is 0 Å². The second kappa shape index (κ2) is 5.74. The molecular formula is C15H16O3. The summed E-state index contributed by atoms with van der Waals surface area (Å²) in [5.41, 5.74) is 0.667. The van der Waals surface area contributed by atoms with E-state index in [0.29, 0.717) is 18.8 Å². The van der Waals surface area contributed by atoms with E-state index >= 15 is 0 Å². The van der Waals surface area contributed by atoms with Gasteiger partial charge in [0.1, 0.15) is 6.29 Å². The molecule has 94 valence electrons. The molecule has 1 aromatic carbocycles. The summed E-state index contributed by atoms with van der Waals surface area (Å²) in [5.74, 6) is -0.340. The average Bonchev–Trinajstić information content (AvgIpc) is 3.12. The third-order valence-electron chi connectivity index (χ3n) is 3.29. The molecule has 1 aromatic rings. The molecule has 0 aromatic heterocycles. The fraction of sp³-hybridized carbons (Fsp3) is 0.333. The van der Waals surface area contributed by atoms with E-state index in [1.54, 1.807) is 18.2 Å². The Kier molecular flexibility index (Phi) is 4.05. The molecule has 1 aliphatic carbocycles. The molecule has 0 heterocycles. The Bertz CT molecular complexity index is 438. The number of benzene rings is 1. The molecule has 18 heavy (non-hydrogen) atoms. The van der Waals surface area contributed by atoms with E-state index in [9.17, 15) is 9.59 Å². The summed E-state index contributed by atoms with van der Waals surface area (Å²) in [6, 6.07) is 9.09. The maximum Gasteiger partial charge on any atom is 0.167 e. The normalized spacial score (nSPS) is 25.4. The Balaban J connectivity index is 1.98. The number of rotatable bonds is 7. The first-order valence-electron chi connectivity index (χ1n) is 6.02. The van der Waals surface area contributed by atoms with Crippen LogP contribution in [0.2, 0.25) is 0 Å². The van der Waals surface area contributed by atoms with Crippen molar-refractivity contribution in [2.75, 3.05) is 13.2 Å². The second-order valence-electron chi connectivity index (χ2n) is 4.46. The molecule has 0 amide bonds. The zero-order valence-electron chi connectivity index (χ0n) is 10.1. The standard InChI is InChI=1S/C15H16O3/c1-2-8-18-10-13-12(9-16)14(13)15(17)11-6-4-3-5-7-11/h2-7,9,12-14H,1,8,10H2/t12-,13-,14-/m1/s1. The lowest BCUT2D eigenvalue weighted by Crippen LogP contribution is -2.06. The molecule has 1 fully saturated rings. The minimum Gasteiger partial charge on any atom is -0.377 e. The summed E-state index contributed by atoms with van der Waals surface area (Å²) < 4.78 is 5.33. The van der Waals surface area contributed by atoms with Gasteiger partial charge < -0.3 is 9.53 Å². The van der Waals surface area contributed by atoms with Crippen molar-refractivity contribution in [2.24, 2.45) is 17.8 Å². The summed E-state index contributed by atoms with van der Waals surface area (Å²) in [6.45, 7) is 4.45. The average molecular weight is 244 g/mol. The van der Waals surface area contributed by atoms with Crippen molar-refractivity contribution in [2.45, 2.75) is 0 Å². The largest absolute Gasteiger partial charge is 0.377 e. The van der Waals surface area contributed by atoms with E-state index < -0.39 is 0 Å². The van der Waals surface area contributed by atoms with Gasteiger partial charge in [-0.1, -0.05) is 36.4 Å². The number of hydrogen-bond donors (Lipinski definition) is 0. The highest BCUT2D eigenvalue weighted by molar-refractivity contribution is 6.02. The SMILES string of the molecule is C=CCOC[C@@H]1[C@@H](C=O)[C@H]1C(=O)c1ccccc1. The second-order valence-corrected chi connectivity index (χ2v) is 4.46. The van der Waals surface area contributed by atoms with Crippen LogP contribution in [0.3, 0.4) is 0 Å². The molecule has 1 aliphatic rings. The van der Waals surface area contributed by atoms with Crippen molar-refractivity contribution in [3.05, 3.63) is 48.6 Å². The van der Waals surface area contributed by atoms with Gasteiger partial charge in [0.2, 0.25) is 0 Å². The first-order chi connectivity index (χ1) is 8.79. The van der Waals surface area contributed by atoms with Crippen molar-refractivity contribution in [1.29, 1.82) is 0 Å². The summed E-state index contributed by atoms with van der Waals surface area (Å²) in [7, 11) is 0. The van der Waals surface area contributed by atoms with E-state index in [1.807, 2.05) is 18.2 Å². The van der Waals surface area contributed by atoms with Gasteiger partial charge in [0.25, 0.3) is 0 Å². The lowest BCUT2D eigenvalue weighted by molar-refractivity contribution is -0.109. The molecule has 0 saturated heterocycles. The topological polar surface area (TPSA) is 43.4 Å². The Morgan fingerprint density at radius 2 is 2.06 bits per heavy atom. The highest BCUT2D eigenvalue weighted by Crippen LogP contribution is 2.46. The number of ether oxygens (including phenoxy) is 1. The van der Waals surface area contributed by atoms with Crippen molar-refractivity contribution >= 4 is 12.1 Å². The van der Waals surface area contributed by atoms with Gasteiger partial charge in [-0.15, -0.1) is 6.58 Å². The molecule has 0 radical (unpaired) electrons. The number of hydrogen-bond acceptors (Lipinski definition) is 3. The van der Waals surface area contributed by atoms with Crippen LogP contribution in [0.5, 0.6) is 0 Å². The van der Waals surface area contributed by atoms with E-state index in [0.717, 1.165) is 6.29 Å². The van der Waals surface area contributed by atoms with E-state index in [-0.39, 0.29) is 23.5 Å². The molecular weight excluding hydrogens is 228 g/mol. The minimum atomic E-state index is -0.213. The Morgan fingerprint density at radius 1 is 1.33 bits per heavy atom. The van der Waals surface area contributed by atoms with Crippen LogP contribution < -0.4 is 0 Å². The molecule has 0 aliphatic heterocycles. The monoisotopic (exact) mass is 244 g/mol. The molecule has 0 spiro atoms. The number of ketones is 1. The van der Waals surface area contributed by atoms with Gasteiger partial charge in [-0.3, -0.25) is 4.79 Å². The number of Topliss-reactive ketones (excluding diaryl/α,β-unsaturated/α-hetero) is 1. The highest BCUT2D eigenvalue weighted by atomic mass is 16.5. The lowest BCUT2D eigenvalue weighted by Gasteiger charge is -2.00. The fourth-order valence-electron chi connectivity index (χ4n) is 2.25. The summed E-state index contributed by atoms with van der Waals surface area (Å²) in [4.78, 5) is 23.1. The van der Waals surface area contributed by atoms with E-state index in [2.05, 4.69) is 6.58 Å². The zero-order valence-corrected chi connectivity index (χ0v) is 10.1. The molecule has 3 atom stereocenters. The van der Waals surface area contributed by atoms with Gasteiger partial charge in [-0.2, -0.15) is 0 Å². The van der Waals surface area contributed by atoms with Crippen LogP contribution in [-0.2, 0) is 9.53 Å². The third kappa shape index (κ3) is 2.57. The Hall–Kier alpha value is -1.74. The number of aldehydes is 1. The summed E-state index contributed by atoms with van der Waals surface area (Å²) in [5, 5.41) is 0. The number of carbonyl (C=O) groups is 2. The molecule has 0 bridgehead atoms. The minimum absolute atomic E-state index is 0.0233.